The smallest absolute Gasteiger partial charge is 0.337 e. The van der Waals surface area contributed by atoms with Crippen LogP contribution in [0, 0.1) is 6.92 Å². The van der Waals surface area contributed by atoms with Gasteiger partial charge in [0.15, 0.2) is 0 Å². The zero-order chi connectivity index (χ0) is 27.3. The van der Waals surface area contributed by atoms with Crippen molar-refractivity contribution in [2.24, 2.45) is 0 Å². The summed E-state index contributed by atoms with van der Waals surface area (Å²) < 4.78 is 11.9. The van der Waals surface area contributed by atoms with Crippen LogP contribution in [0.15, 0.2) is 59.3 Å². The number of aliphatic hydroxyl groups is 1. The largest absolute Gasteiger partial charge is 0.489 e. The molecular formula is C29H25Cl2N3O5. The monoisotopic (exact) mass is 565 g/mol. The molecule has 3 heterocycles. The van der Waals surface area contributed by atoms with Crippen LogP contribution in [0.3, 0.4) is 0 Å². The molecule has 2 N–H and O–H groups in total. The molecule has 39 heavy (non-hydrogen) atoms. The van der Waals surface area contributed by atoms with E-state index in [0.29, 0.717) is 38.8 Å². The second-order valence-electron chi connectivity index (χ2n) is 10.1. The van der Waals surface area contributed by atoms with E-state index >= 15 is 0 Å². The number of hydrogen-bond acceptors (Lipinski definition) is 7. The van der Waals surface area contributed by atoms with Crippen molar-refractivity contribution in [3.63, 3.8) is 0 Å². The van der Waals surface area contributed by atoms with Gasteiger partial charge in [0, 0.05) is 23.2 Å². The summed E-state index contributed by atoms with van der Waals surface area (Å²) in [5.41, 5.74) is 2.95. The van der Waals surface area contributed by atoms with Crippen molar-refractivity contribution >= 4 is 35.0 Å². The lowest BCUT2D eigenvalue weighted by Crippen LogP contribution is -2.60. The molecule has 1 saturated carbocycles. The predicted molar refractivity (Wildman–Crippen MR) is 147 cm³/mol. The number of aryl methyl sites for hydroxylation is 1. The van der Waals surface area contributed by atoms with Crippen molar-refractivity contribution in [2.75, 3.05) is 18.0 Å². The molecule has 0 radical (unpaired) electrons. The second-order valence-corrected chi connectivity index (χ2v) is 10.9. The van der Waals surface area contributed by atoms with Crippen LogP contribution in [0.4, 0.5) is 5.82 Å². The van der Waals surface area contributed by atoms with Crippen molar-refractivity contribution < 1.29 is 24.3 Å². The molecule has 0 unspecified atom stereocenters. The van der Waals surface area contributed by atoms with Gasteiger partial charge in [-0.05, 0) is 55.7 Å². The molecule has 1 aliphatic carbocycles. The normalized spacial score (nSPS) is 16.2. The molecule has 6 rings (SSSR count). The van der Waals surface area contributed by atoms with Crippen LogP contribution in [0.25, 0.3) is 11.3 Å². The highest BCUT2D eigenvalue weighted by molar-refractivity contribution is 6.33. The number of carboxylic acids is 1. The van der Waals surface area contributed by atoms with E-state index < -0.39 is 11.6 Å². The molecule has 2 aromatic heterocycles. The minimum Gasteiger partial charge on any atom is -0.489 e. The molecule has 8 nitrogen and oxygen atoms in total. The molecule has 2 aliphatic rings. The van der Waals surface area contributed by atoms with Crippen LogP contribution in [0.5, 0.6) is 5.75 Å². The molecule has 0 atom stereocenters. The fraction of sp³-hybridized carbons (Fsp3) is 0.276. The summed E-state index contributed by atoms with van der Waals surface area (Å²) in [6, 6.07) is 14.1. The standard InChI is InChI=1S/C29H25Cl2N3O5/c1-16-3-2-4-22(30)25(16)26-20(27(39-33-26)17-5-6-17)13-38-19-8-9-21(23(31)11-19)29(37)14-34(15-29)24-10-7-18(12-32-24)28(35)36/h2-4,7-12,17,37H,5-6,13-15H2,1H3,(H,35,36). The van der Waals surface area contributed by atoms with Crippen LogP contribution in [-0.4, -0.2) is 39.4 Å². The number of ether oxygens (including phenoxy) is 1. The van der Waals surface area contributed by atoms with Crippen LogP contribution in [0.1, 0.15) is 51.6 Å². The van der Waals surface area contributed by atoms with Crippen molar-refractivity contribution in [1.29, 1.82) is 0 Å². The van der Waals surface area contributed by atoms with Crippen molar-refractivity contribution in [3.05, 3.63) is 92.8 Å². The van der Waals surface area contributed by atoms with Gasteiger partial charge in [-0.3, -0.25) is 0 Å². The van der Waals surface area contributed by atoms with Gasteiger partial charge < -0.3 is 24.4 Å². The zero-order valence-electron chi connectivity index (χ0n) is 21.0. The van der Waals surface area contributed by atoms with Gasteiger partial charge >= 0.3 is 5.97 Å². The molecule has 0 spiro atoms. The van der Waals surface area contributed by atoms with E-state index in [1.54, 1.807) is 24.3 Å². The fourth-order valence-electron chi connectivity index (χ4n) is 4.99. The average molecular weight is 566 g/mol. The number of halogens is 2. The van der Waals surface area contributed by atoms with Gasteiger partial charge in [-0.25, -0.2) is 9.78 Å². The average Bonchev–Trinajstić information content (AvgIpc) is 3.66. The van der Waals surface area contributed by atoms with Crippen LogP contribution < -0.4 is 9.64 Å². The highest BCUT2D eigenvalue weighted by atomic mass is 35.5. The maximum absolute atomic E-state index is 11.2. The van der Waals surface area contributed by atoms with Crippen molar-refractivity contribution in [2.45, 2.75) is 37.9 Å². The second kappa shape index (κ2) is 9.86. The van der Waals surface area contributed by atoms with Gasteiger partial charge in [-0.15, -0.1) is 0 Å². The van der Waals surface area contributed by atoms with E-state index in [-0.39, 0.29) is 25.3 Å². The third kappa shape index (κ3) is 4.84. The number of β-amino-alcohol motifs (C(OH)–C–C–N with tert-alkyl or cyclic N) is 1. The zero-order valence-corrected chi connectivity index (χ0v) is 22.5. The Morgan fingerprint density at radius 3 is 2.59 bits per heavy atom. The van der Waals surface area contributed by atoms with Crippen molar-refractivity contribution in [1.82, 2.24) is 10.1 Å². The lowest BCUT2D eigenvalue weighted by molar-refractivity contribution is 0.00710. The van der Waals surface area contributed by atoms with E-state index in [4.69, 9.17) is 37.6 Å². The maximum Gasteiger partial charge on any atom is 0.337 e. The number of pyridine rings is 1. The number of nitrogens with zero attached hydrogens (tertiary/aromatic N) is 3. The molecular weight excluding hydrogens is 541 g/mol. The van der Waals surface area contributed by atoms with E-state index in [1.807, 2.05) is 30.0 Å². The van der Waals surface area contributed by atoms with E-state index in [1.165, 1.54) is 12.3 Å². The number of aromatic carboxylic acids is 1. The molecule has 1 saturated heterocycles. The lowest BCUT2D eigenvalue weighted by Gasteiger charge is -2.47. The maximum atomic E-state index is 11.2. The number of carboxylic acid groups (broad SMARTS) is 1. The van der Waals surface area contributed by atoms with Crippen LogP contribution >= 0.6 is 23.2 Å². The van der Waals surface area contributed by atoms with Gasteiger partial charge in [-0.1, -0.05) is 46.6 Å². The number of carbonyl (C=O) groups is 1. The Bertz CT molecular complexity index is 1540. The molecule has 0 bridgehead atoms. The Labute approximate surface area is 234 Å². The summed E-state index contributed by atoms with van der Waals surface area (Å²) >= 11 is 13.1. The Morgan fingerprint density at radius 2 is 1.95 bits per heavy atom. The first kappa shape index (κ1) is 25.7. The molecule has 2 fully saturated rings. The number of aromatic nitrogens is 2. The van der Waals surface area contributed by atoms with Crippen LogP contribution in [-0.2, 0) is 12.2 Å². The van der Waals surface area contributed by atoms with E-state index in [0.717, 1.165) is 35.3 Å². The van der Waals surface area contributed by atoms with Gasteiger partial charge in [0.25, 0.3) is 0 Å². The lowest BCUT2D eigenvalue weighted by atomic mass is 9.86. The van der Waals surface area contributed by atoms with Crippen LogP contribution in [0.2, 0.25) is 10.0 Å². The Kier molecular flexibility index (Phi) is 6.49. The highest BCUT2D eigenvalue weighted by Crippen LogP contribution is 2.46. The minimum atomic E-state index is -1.16. The molecule has 4 aromatic rings. The Hall–Kier alpha value is -3.59. The number of benzene rings is 2. The number of anilines is 1. The summed E-state index contributed by atoms with van der Waals surface area (Å²) in [6.45, 7) is 2.78. The molecule has 200 valence electrons. The Morgan fingerprint density at radius 1 is 1.15 bits per heavy atom. The summed E-state index contributed by atoms with van der Waals surface area (Å²) in [4.78, 5) is 17.1. The highest BCUT2D eigenvalue weighted by Gasteiger charge is 2.44. The topological polar surface area (TPSA) is 109 Å². The van der Waals surface area contributed by atoms with Gasteiger partial charge in [0.2, 0.25) is 0 Å². The molecule has 10 heteroatoms. The fourth-order valence-corrected chi connectivity index (χ4v) is 5.65. The molecule has 0 amide bonds. The van der Waals surface area contributed by atoms with Gasteiger partial charge in [0.05, 0.1) is 34.3 Å². The third-order valence-electron chi connectivity index (χ3n) is 7.27. The predicted octanol–water partition coefficient (Wildman–Crippen LogP) is 6.21. The minimum absolute atomic E-state index is 0.109. The summed E-state index contributed by atoms with van der Waals surface area (Å²) in [6.07, 6.45) is 3.41. The van der Waals surface area contributed by atoms with E-state index in [9.17, 15) is 9.90 Å². The third-order valence-corrected chi connectivity index (χ3v) is 7.90. The first-order valence-corrected chi connectivity index (χ1v) is 13.3. The molecule has 1 aliphatic heterocycles. The summed E-state index contributed by atoms with van der Waals surface area (Å²) in [5.74, 6) is 1.28. The van der Waals surface area contributed by atoms with Gasteiger partial charge in [0.1, 0.15) is 35.2 Å². The summed E-state index contributed by atoms with van der Waals surface area (Å²) in [7, 11) is 0. The van der Waals surface area contributed by atoms with E-state index in [2.05, 4.69) is 10.1 Å². The Balaban J connectivity index is 1.18. The quantitative estimate of drug-likeness (QED) is 0.259. The number of rotatable bonds is 8. The first-order chi connectivity index (χ1) is 18.7. The SMILES string of the molecule is Cc1cccc(Cl)c1-c1noc(C2CC2)c1COc1ccc(C2(O)CN(c3ccc(C(=O)O)cn3)C2)c(Cl)c1. The molecule has 2 aromatic carbocycles. The van der Waals surface area contributed by atoms with Crippen molar-refractivity contribution in [3.8, 4) is 17.0 Å². The van der Waals surface area contributed by atoms with Gasteiger partial charge in [-0.2, -0.15) is 0 Å². The summed E-state index contributed by atoms with van der Waals surface area (Å²) in [5, 5.41) is 25.6. The first-order valence-electron chi connectivity index (χ1n) is 12.6. The number of hydrogen-bond donors (Lipinski definition) is 2.